The van der Waals surface area contributed by atoms with Crippen LogP contribution in [-0.2, 0) is 9.53 Å². The summed E-state index contributed by atoms with van der Waals surface area (Å²) in [6.45, 7) is 7.60. The number of rotatable bonds is 4. The number of allylic oxidation sites excluding steroid dienone is 2. The van der Waals surface area contributed by atoms with Gasteiger partial charge in [-0.25, -0.2) is 9.18 Å². The van der Waals surface area contributed by atoms with Crippen LogP contribution in [0.2, 0.25) is 0 Å². The fourth-order valence-electron chi connectivity index (χ4n) is 6.55. The fraction of sp³-hybridized carbons (Fsp3) is 0.760. The van der Waals surface area contributed by atoms with Crippen molar-refractivity contribution in [2.75, 3.05) is 45.9 Å². The predicted octanol–water partition coefficient (Wildman–Crippen LogP) is 1.40. The maximum absolute atomic E-state index is 14.1. The highest BCUT2D eigenvalue weighted by Gasteiger charge is 2.40. The number of β-amino-alcohol motifs (C(OH)–C–C–N with tert-alkyl or cyclic N) is 1. The maximum Gasteiger partial charge on any atom is 0.334 e. The molecule has 3 saturated heterocycles. The Morgan fingerprint density at radius 2 is 2.24 bits per heavy atom. The molecule has 5 rings (SSSR count). The lowest BCUT2D eigenvalue weighted by Crippen LogP contribution is -2.65. The molecule has 2 aliphatic carbocycles. The SMILES string of the molecule is CC1=C([C@H]2CN3CCN(C[C@H](O)C4CC=C5C(=O)OCC5C4)C[C@@H]3CN2)CCC(F)C1C#N. The van der Waals surface area contributed by atoms with Crippen molar-refractivity contribution in [3.63, 3.8) is 0 Å². The quantitative estimate of drug-likeness (QED) is 0.486. The van der Waals surface area contributed by atoms with Gasteiger partial charge in [0.05, 0.1) is 24.7 Å². The average molecular weight is 459 g/mol. The minimum Gasteiger partial charge on any atom is -0.462 e. The van der Waals surface area contributed by atoms with E-state index >= 15 is 0 Å². The van der Waals surface area contributed by atoms with Crippen molar-refractivity contribution in [1.82, 2.24) is 15.1 Å². The van der Waals surface area contributed by atoms with Gasteiger partial charge >= 0.3 is 5.97 Å². The molecule has 7 atom stereocenters. The Hall–Kier alpha value is -1.79. The minimum atomic E-state index is -1.04. The van der Waals surface area contributed by atoms with Crippen molar-refractivity contribution in [3.05, 3.63) is 22.8 Å². The molecule has 3 aliphatic heterocycles. The van der Waals surface area contributed by atoms with Gasteiger partial charge in [-0.15, -0.1) is 0 Å². The molecule has 0 spiro atoms. The Labute approximate surface area is 195 Å². The van der Waals surface area contributed by atoms with Crippen LogP contribution < -0.4 is 5.32 Å². The zero-order valence-corrected chi connectivity index (χ0v) is 19.4. The number of fused-ring (bicyclic) bond motifs is 2. The summed E-state index contributed by atoms with van der Waals surface area (Å²) >= 11 is 0. The molecule has 0 aromatic heterocycles. The molecule has 0 bridgehead atoms. The highest BCUT2D eigenvalue weighted by atomic mass is 19.1. The number of halogens is 1. The van der Waals surface area contributed by atoms with E-state index in [0.717, 1.165) is 63.1 Å². The molecule has 33 heavy (non-hydrogen) atoms. The van der Waals surface area contributed by atoms with E-state index < -0.39 is 18.2 Å². The van der Waals surface area contributed by atoms with Crippen molar-refractivity contribution in [2.24, 2.45) is 17.8 Å². The molecule has 180 valence electrons. The van der Waals surface area contributed by atoms with Gasteiger partial charge in [-0.3, -0.25) is 9.80 Å². The Balaban J connectivity index is 1.14. The molecular weight excluding hydrogens is 423 g/mol. The van der Waals surface area contributed by atoms with Crippen molar-refractivity contribution in [2.45, 2.75) is 57.0 Å². The molecule has 3 fully saturated rings. The van der Waals surface area contributed by atoms with Crippen molar-refractivity contribution < 1.29 is 19.0 Å². The van der Waals surface area contributed by atoms with Gasteiger partial charge in [-0.05, 0) is 38.5 Å². The first kappa shape index (κ1) is 23.0. The number of piperazine rings is 2. The van der Waals surface area contributed by atoms with E-state index in [9.17, 15) is 19.6 Å². The van der Waals surface area contributed by atoms with Crippen LogP contribution in [0.4, 0.5) is 4.39 Å². The van der Waals surface area contributed by atoms with Gasteiger partial charge in [0.25, 0.3) is 0 Å². The molecule has 0 aromatic rings. The van der Waals surface area contributed by atoms with Crippen LogP contribution in [0.15, 0.2) is 22.8 Å². The third-order valence-corrected chi connectivity index (χ3v) is 8.60. The van der Waals surface area contributed by atoms with Crippen LogP contribution in [0, 0.1) is 29.1 Å². The number of nitrogens with zero attached hydrogens (tertiary/aromatic N) is 3. The van der Waals surface area contributed by atoms with Gasteiger partial charge in [0, 0.05) is 62.8 Å². The van der Waals surface area contributed by atoms with Crippen LogP contribution in [0.1, 0.15) is 32.6 Å². The number of hydrogen-bond donors (Lipinski definition) is 2. The summed E-state index contributed by atoms with van der Waals surface area (Å²) in [7, 11) is 0. The third kappa shape index (κ3) is 4.49. The zero-order chi connectivity index (χ0) is 23.1. The highest BCUT2D eigenvalue weighted by Crippen LogP contribution is 2.37. The van der Waals surface area contributed by atoms with Crippen LogP contribution in [0.25, 0.3) is 0 Å². The smallest absolute Gasteiger partial charge is 0.334 e. The first-order valence-corrected chi connectivity index (χ1v) is 12.4. The second kappa shape index (κ2) is 9.46. The number of nitrogens with one attached hydrogen (secondary N) is 1. The Morgan fingerprint density at radius 3 is 3.06 bits per heavy atom. The second-order valence-electron chi connectivity index (χ2n) is 10.5. The zero-order valence-electron chi connectivity index (χ0n) is 19.4. The number of aliphatic hydroxyl groups excluding tert-OH is 1. The molecule has 3 heterocycles. The summed E-state index contributed by atoms with van der Waals surface area (Å²) < 4.78 is 19.3. The van der Waals surface area contributed by atoms with Gasteiger partial charge in [-0.2, -0.15) is 5.26 Å². The Kier molecular flexibility index (Phi) is 6.58. The van der Waals surface area contributed by atoms with Crippen molar-refractivity contribution >= 4 is 5.97 Å². The number of hydrogen-bond acceptors (Lipinski definition) is 7. The van der Waals surface area contributed by atoms with Crippen LogP contribution in [0.5, 0.6) is 0 Å². The molecule has 8 heteroatoms. The Bertz CT molecular complexity index is 883. The van der Waals surface area contributed by atoms with Crippen LogP contribution in [0.3, 0.4) is 0 Å². The van der Waals surface area contributed by atoms with Crippen molar-refractivity contribution in [3.8, 4) is 6.07 Å². The number of alkyl halides is 1. The second-order valence-corrected chi connectivity index (χ2v) is 10.5. The summed E-state index contributed by atoms with van der Waals surface area (Å²) in [4.78, 5) is 16.6. The number of nitriles is 1. The summed E-state index contributed by atoms with van der Waals surface area (Å²) in [5.41, 5.74) is 2.96. The first-order valence-electron chi connectivity index (χ1n) is 12.4. The van der Waals surface area contributed by atoms with Crippen LogP contribution in [-0.4, -0.2) is 91.1 Å². The summed E-state index contributed by atoms with van der Waals surface area (Å²) in [6.07, 6.45) is 3.27. The van der Waals surface area contributed by atoms with E-state index in [2.05, 4.69) is 21.2 Å². The predicted molar refractivity (Wildman–Crippen MR) is 121 cm³/mol. The summed E-state index contributed by atoms with van der Waals surface area (Å²) in [6, 6.07) is 2.75. The van der Waals surface area contributed by atoms with E-state index in [4.69, 9.17) is 4.74 Å². The lowest BCUT2D eigenvalue weighted by molar-refractivity contribution is -0.135. The molecule has 0 saturated carbocycles. The Morgan fingerprint density at radius 1 is 1.39 bits per heavy atom. The highest BCUT2D eigenvalue weighted by molar-refractivity contribution is 5.91. The van der Waals surface area contributed by atoms with Crippen LogP contribution >= 0.6 is 0 Å². The van der Waals surface area contributed by atoms with Gasteiger partial charge in [0.15, 0.2) is 0 Å². The number of cyclic esters (lactones) is 1. The van der Waals surface area contributed by atoms with E-state index in [1.165, 1.54) is 5.57 Å². The molecule has 0 aromatic carbocycles. The average Bonchev–Trinajstić information content (AvgIpc) is 3.19. The number of aliphatic hydroxyl groups is 1. The summed E-state index contributed by atoms with van der Waals surface area (Å²) in [5, 5.41) is 24.0. The van der Waals surface area contributed by atoms with E-state index in [0.29, 0.717) is 25.6 Å². The van der Waals surface area contributed by atoms with E-state index in [1.807, 2.05) is 13.0 Å². The molecule has 0 amide bonds. The maximum atomic E-state index is 14.1. The molecule has 2 N–H and O–H groups in total. The fourth-order valence-corrected chi connectivity index (χ4v) is 6.55. The van der Waals surface area contributed by atoms with Gasteiger partial charge in [0.1, 0.15) is 6.17 Å². The molecule has 4 unspecified atom stereocenters. The van der Waals surface area contributed by atoms with Crippen molar-refractivity contribution in [1.29, 1.82) is 5.26 Å². The van der Waals surface area contributed by atoms with Gasteiger partial charge in [0.2, 0.25) is 0 Å². The third-order valence-electron chi connectivity index (χ3n) is 8.60. The normalized spacial score (nSPS) is 38.7. The molecular formula is C25H35FN4O3. The lowest BCUT2D eigenvalue weighted by Gasteiger charge is -2.48. The number of carbonyl (C=O) groups is 1. The lowest BCUT2D eigenvalue weighted by atomic mass is 9.79. The number of ether oxygens (including phenoxy) is 1. The minimum absolute atomic E-state index is 0.146. The standard InChI is InChI=1S/C25H35FN4O3/c1-15-19(4-5-22(26)21(15)9-27)23-12-30-7-6-29(11-18(30)10-28-23)13-24(31)16-2-3-20-17(8-16)14-33-25(20)32/h3,16-18,21-24,28,31H,2,4-8,10-14H2,1H3/t16?,17?,18-,21?,22?,23+,24-/m0/s1. The van der Waals surface area contributed by atoms with Gasteiger partial charge in [-0.1, -0.05) is 17.2 Å². The van der Waals surface area contributed by atoms with E-state index in [1.54, 1.807) is 0 Å². The van der Waals surface area contributed by atoms with E-state index in [-0.39, 0.29) is 23.8 Å². The molecule has 7 nitrogen and oxygen atoms in total. The topological polar surface area (TPSA) is 88.8 Å². The first-order chi connectivity index (χ1) is 15.9. The van der Waals surface area contributed by atoms with Gasteiger partial charge < -0.3 is 15.2 Å². The monoisotopic (exact) mass is 458 g/mol. The summed E-state index contributed by atoms with van der Waals surface area (Å²) in [5.74, 6) is -0.466. The largest absolute Gasteiger partial charge is 0.462 e. The number of esters is 1. The molecule has 0 radical (unpaired) electrons. The number of carbonyl (C=O) groups excluding carboxylic acids is 1. The molecule has 5 aliphatic rings.